The summed E-state index contributed by atoms with van der Waals surface area (Å²) < 4.78 is 17.2. The summed E-state index contributed by atoms with van der Waals surface area (Å²) in [4.78, 5) is 2.44. The number of benzene rings is 2. The molecule has 1 saturated heterocycles. The van der Waals surface area contributed by atoms with E-state index in [0.29, 0.717) is 0 Å². The molecule has 4 nitrogen and oxygen atoms in total. The Morgan fingerprint density at radius 3 is 2.56 bits per heavy atom. The highest BCUT2D eigenvalue weighted by molar-refractivity contribution is 5.32. The lowest BCUT2D eigenvalue weighted by Gasteiger charge is -2.29. The minimum Gasteiger partial charge on any atom is -0.497 e. The van der Waals surface area contributed by atoms with Crippen LogP contribution in [-0.4, -0.2) is 44.9 Å². The van der Waals surface area contributed by atoms with Crippen LogP contribution in [0.15, 0.2) is 48.5 Å². The maximum absolute atomic E-state index is 6.36. The van der Waals surface area contributed by atoms with Gasteiger partial charge < -0.3 is 14.2 Å². The minimum absolute atomic E-state index is 0.000236. The van der Waals surface area contributed by atoms with E-state index in [1.165, 1.54) is 5.56 Å². The average molecular weight is 341 g/mol. The zero-order chi connectivity index (χ0) is 17.5. The smallest absolute Gasteiger partial charge is 0.125 e. The predicted octanol–water partition coefficient (Wildman–Crippen LogP) is 3.85. The van der Waals surface area contributed by atoms with Gasteiger partial charge in [-0.3, -0.25) is 4.90 Å². The molecule has 0 amide bonds. The van der Waals surface area contributed by atoms with Crippen molar-refractivity contribution in [1.82, 2.24) is 4.90 Å². The van der Waals surface area contributed by atoms with E-state index < -0.39 is 0 Å². The third-order valence-corrected chi connectivity index (χ3v) is 4.54. The largest absolute Gasteiger partial charge is 0.497 e. The first-order valence-corrected chi connectivity index (χ1v) is 8.92. The van der Waals surface area contributed by atoms with Gasteiger partial charge in [0.25, 0.3) is 0 Å². The average Bonchev–Trinajstić information content (AvgIpc) is 2.66. The van der Waals surface area contributed by atoms with Crippen molar-refractivity contribution in [3.8, 4) is 11.5 Å². The summed E-state index contributed by atoms with van der Waals surface area (Å²) in [5.74, 6) is 1.77. The van der Waals surface area contributed by atoms with E-state index in [4.69, 9.17) is 14.2 Å². The fraction of sp³-hybridized carbons (Fsp3) is 0.429. The van der Waals surface area contributed by atoms with Crippen LogP contribution in [0.4, 0.5) is 0 Å². The van der Waals surface area contributed by atoms with Crippen molar-refractivity contribution in [2.24, 2.45) is 0 Å². The molecule has 2 aromatic carbocycles. The van der Waals surface area contributed by atoms with Gasteiger partial charge in [-0.25, -0.2) is 0 Å². The highest BCUT2D eigenvalue weighted by Crippen LogP contribution is 2.28. The maximum Gasteiger partial charge on any atom is 0.125 e. The van der Waals surface area contributed by atoms with E-state index in [0.717, 1.165) is 56.3 Å². The van der Waals surface area contributed by atoms with Crippen molar-refractivity contribution in [3.63, 3.8) is 0 Å². The van der Waals surface area contributed by atoms with E-state index >= 15 is 0 Å². The Hall–Kier alpha value is -2.04. The molecule has 1 unspecified atom stereocenters. The van der Waals surface area contributed by atoms with Gasteiger partial charge in [-0.2, -0.15) is 0 Å². The molecule has 1 heterocycles. The standard InChI is InChI=1S/C21H27NO3/c1-17-5-3-8-20(15-17)25-21(9-10-22-11-13-24-14-12-22)18-6-4-7-19(16-18)23-2/h3-8,15-16,21H,9-14H2,1-2H3. The number of methoxy groups -OCH3 is 1. The molecule has 134 valence electrons. The minimum atomic E-state index is -0.000236. The Morgan fingerprint density at radius 1 is 1.04 bits per heavy atom. The summed E-state index contributed by atoms with van der Waals surface area (Å²) in [6.07, 6.45) is 0.931. The van der Waals surface area contributed by atoms with E-state index in [1.807, 2.05) is 24.3 Å². The molecule has 0 N–H and O–H groups in total. The van der Waals surface area contributed by atoms with Gasteiger partial charge in [0.15, 0.2) is 0 Å². The Bertz CT molecular complexity index is 668. The fourth-order valence-electron chi connectivity index (χ4n) is 3.11. The second kappa shape index (κ2) is 8.88. The second-order valence-corrected chi connectivity index (χ2v) is 6.44. The fourth-order valence-corrected chi connectivity index (χ4v) is 3.11. The molecule has 3 rings (SSSR count). The zero-order valence-electron chi connectivity index (χ0n) is 15.1. The summed E-state index contributed by atoms with van der Waals surface area (Å²) >= 11 is 0. The first-order valence-electron chi connectivity index (χ1n) is 8.92. The van der Waals surface area contributed by atoms with Gasteiger partial charge in [-0.15, -0.1) is 0 Å². The van der Waals surface area contributed by atoms with Gasteiger partial charge in [-0.1, -0.05) is 24.3 Å². The van der Waals surface area contributed by atoms with E-state index in [2.05, 4.69) is 36.1 Å². The van der Waals surface area contributed by atoms with Gasteiger partial charge in [0.2, 0.25) is 0 Å². The third kappa shape index (κ3) is 5.21. The number of aryl methyl sites for hydroxylation is 1. The lowest BCUT2D eigenvalue weighted by molar-refractivity contribution is 0.0317. The third-order valence-electron chi connectivity index (χ3n) is 4.54. The van der Waals surface area contributed by atoms with Crippen LogP contribution in [0.3, 0.4) is 0 Å². The lowest BCUT2D eigenvalue weighted by atomic mass is 10.1. The predicted molar refractivity (Wildman–Crippen MR) is 99.4 cm³/mol. The topological polar surface area (TPSA) is 30.9 Å². The van der Waals surface area contributed by atoms with Crippen LogP contribution < -0.4 is 9.47 Å². The van der Waals surface area contributed by atoms with Crippen LogP contribution in [-0.2, 0) is 4.74 Å². The van der Waals surface area contributed by atoms with E-state index in [-0.39, 0.29) is 6.10 Å². The molecular weight excluding hydrogens is 314 g/mol. The number of rotatable bonds is 7. The van der Waals surface area contributed by atoms with Crippen molar-refractivity contribution in [2.45, 2.75) is 19.4 Å². The Morgan fingerprint density at radius 2 is 1.80 bits per heavy atom. The molecular formula is C21H27NO3. The van der Waals surface area contributed by atoms with Crippen LogP contribution in [0.1, 0.15) is 23.7 Å². The Labute approximate surface area is 150 Å². The van der Waals surface area contributed by atoms with Crippen molar-refractivity contribution in [3.05, 3.63) is 59.7 Å². The van der Waals surface area contributed by atoms with E-state index in [1.54, 1.807) is 7.11 Å². The Balaban J connectivity index is 1.74. The first-order chi connectivity index (χ1) is 12.2. The molecule has 0 radical (unpaired) electrons. The lowest BCUT2D eigenvalue weighted by Crippen LogP contribution is -2.37. The molecule has 4 heteroatoms. The molecule has 0 bridgehead atoms. The van der Waals surface area contributed by atoms with Crippen LogP contribution in [0.25, 0.3) is 0 Å². The summed E-state index contributed by atoms with van der Waals surface area (Å²) in [7, 11) is 1.70. The monoisotopic (exact) mass is 341 g/mol. The van der Waals surface area contributed by atoms with Gasteiger partial charge in [0.1, 0.15) is 17.6 Å². The van der Waals surface area contributed by atoms with Crippen LogP contribution in [0.5, 0.6) is 11.5 Å². The number of hydrogen-bond acceptors (Lipinski definition) is 4. The van der Waals surface area contributed by atoms with Crippen LogP contribution in [0.2, 0.25) is 0 Å². The second-order valence-electron chi connectivity index (χ2n) is 6.44. The van der Waals surface area contributed by atoms with Gasteiger partial charge in [0, 0.05) is 26.1 Å². The SMILES string of the molecule is COc1cccc(C(CCN2CCOCC2)Oc2cccc(C)c2)c1. The Kier molecular flexibility index (Phi) is 6.31. The normalized spacial score (nSPS) is 16.4. The molecule has 1 aliphatic rings. The van der Waals surface area contributed by atoms with Crippen molar-refractivity contribution in [1.29, 1.82) is 0 Å². The molecule has 0 saturated carbocycles. The van der Waals surface area contributed by atoms with Gasteiger partial charge in [0.05, 0.1) is 20.3 Å². The molecule has 0 spiro atoms. The molecule has 2 aromatic rings. The van der Waals surface area contributed by atoms with Crippen molar-refractivity contribution < 1.29 is 14.2 Å². The number of nitrogens with zero attached hydrogens (tertiary/aromatic N) is 1. The van der Waals surface area contributed by atoms with Crippen molar-refractivity contribution in [2.75, 3.05) is 40.0 Å². The first kappa shape index (κ1) is 17.8. The quantitative estimate of drug-likeness (QED) is 0.765. The molecule has 0 aliphatic carbocycles. The summed E-state index contributed by atoms with van der Waals surface area (Å²) in [5.41, 5.74) is 2.35. The highest BCUT2D eigenvalue weighted by atomic mass is 16.5. The van der Waals surface area contributed by atoms with Crippen molar-refractivity contribution >= 4 is 0 Å². The molecule has 25 heavy (non-hydrogen) atoms. The van der Waals surface area contributed by atoms with Crippen LogP contribution in [0, 0.1) is 6.92 Å². The summed E-state index contributed by atoms with van der Waals surface area (Å²) in [6, 6.07) is 16.4. The molecule has 1 aliphatic heterocycles. The summed E-state index contributed by atoms with van der Waals surface area (Å²) in [5, 5.41) is 0. The van der Waals surface area contributed by atoms with Crippen LogP contribution >= 0.6 is 0 Å². The van der Waals surface area contributed by atoms with E-state index in [9.17, 15) is 0 Å². The summed E-state index contributed by atoms with van der Waals surface area (Å²) in [6.45, 7) is 6.72. The van der Waals surface area contributed by atoms with Gasteiger partial charge >= 0.3 is 0 Å². The number of morpholine rings is 1. The molecule has 0 aromatic heterocycles. The zero-order valence-corrected chi connectivity index (χ0v) is 15.1. The molecule has 1 atom stereocenters. The highest BCUT2D eigenvalue weighted by Gasteiger charge is 2.18. The number of ether oxygens (including phenoxy) is 3. The van der Waals surface area contributed by atoms with Gasteiger partial charge in [-0.05, 0) is 42.3 Å². The maximum atomic E-state index is 6.36. The number of hydrogen-bond donors (Lipinski definition) is 0. The molecule has 1 fully saturated rings.